The van der Waals surface area contributed by atoms with Crippen LogP contribution in [0, 0.1) is 5.92 Å². The van der Waals surface area contributed by atoms with E-state index in [-0.39, 0.29) is 11.6 Å². The SMILES string of the molecule is CN(C)C[C@@H]1COCCN(C(=O)NCc2ccc3c(c2)CC(C)(C)O3)C1. The number of benzene rings is 1. The predicted octanol–water partition coefficient (Wildman–Crippen LogP) is 2.12. The van der Waals surface area contributed by atoms with Crippen LogP contribution in [-0.4, -0.2) is 68.4 Å². The van der Waals surface area contributed by atoms with E-state index in [0.717, 1.165) is 30.8 Å². The Morgan fingerprint density at radius 2 is 2.19 bits per heavy atom. The first kappa shape index (κ1) is 19.0. The number of ether oxygens (including phenoxy) is 2. The third-order valence-electron chi connectivity index (χ3n) is 4.82. The summed E-state index contributed by atoms with van der Waals surface area (Å²) in [5, 5.41) is 3.06. The topological polar surface area (TPSA) is 54.0 Å². The van der Waals surface area contributed by atoms with Crippen LogP contribution in [0.2, 0.25) is 0 Å². The summed E-state index contributed by atoms with van der Waals surface area (Å²) < 4.78 is 11.6. The number of nitrogens with zero attached hydrogens (tertiary/aromatic N) is 2. The molecule has 2 aliphatic rings. The Morgan fingerprint density at radius 3 is 2.96 bits per heavy atom. The minimum Gasteiger partial charge on any atom is -0.487 e. The van der Waals surface area contributed by atoms with Gasteiger partial charge in [0.05, 0.1) is 13.2 Å². The summed E-state index contributed by atoms with van der Waals surface area (Å²) in [5.74, 6) is 1.30. The van der Waals surface area contributed by atoms with Crippen molar-refractivity contribution in [3.63, 3.8) is 0 Å². The summed E-state index contributed by atoms with van der Waals surface area (Å²) >= 11 is 0. The minimum absolute atomic E-state index is 0.0173. The third kappa shape index (κ3) is 4.89. The zero-order chi connectivity index (χ0) is 18.7. The molecule has 1 aromatic rings. The van der Waals surface area contributed by atoms with E-state index in [0.29, 0.717) is 32.2 Å². The molecule has 0 bridgehead atoms. The lowest BCUT2D eigenvalue weighted by Gasteiger charge is -2.25. The normalized spacial score (nSPS) is 21.9. The first-order valence-corrected chi connectivity index (χ1v) is 9.38. The standard InChI is InChI=1S/C20H31N3O3/c1-20(2)10-17-9-15(5-6-18(17)26-20)11-21-19(24)23-7-8-25-14-16(13-23)12-22(3)4/h5-6,9,16H,7-8,10-14H2,1-4H3,(H,21,24)/t16-/m0/s1. The fourth-order valence-electron chi connectivity index (χ4n) is 3.75. The average molecular weight is 361 g/mol. The smallest absolute Gasteiger partial charge is 0.317 e. The van der Waals surface area contributed by atoms with Crippen molar-refractivity contribution in [3.8, 4) is 5.75 Å². The molecular weight excluding hydrogens is 330 g/mol. The van der Waals surface area contributed by atoms with Gasteiger partial charge in [0.15, 0.2) is 0 Å². The molecule has 1 atom stereocenters. The maximum absolute atomic E-state index is 12.6. The van der Waals surface area contributed by atoms with Crippen molar-refractivity contribution in [2.75, 3.05) is 46.9 Å². The van der Waals surface area contributed by atoms with Crippen molar-refractivity contribution in [1.82, 2.24) is 15.1 Å². The van der Waals surface area contributed by atoms with Crippen LogP contribution in [0.25, 0.3) is 0 Å². The number of carbonyl (C=O) groups is 1. The lowest BCUT2D eigenvalue weighted by atomic mass is 10.0. The molecule has 0 saturated carbocycles. The minimum atomic E-state index is -0.141. The van der Waals surface area contributed by atoms with E-state index >= 15 is 0 Å². The number of amides is 2. The molecule has 0 aliphatic carbocycles. The van der Waals surface area contributed by atoms with Gasteiger partial charge in [-0.1, -0.05) is 12.1 Å². The molecule has 0 aromatic heterocycles. The number of fused-ring (bicyclic) bond motifs is 1. The largest absolute Gasteiger partial charge is 0.487 e. The Morgan fingerprint density at radius 1 is 1.38 bits per heavy atom. The second-order valence-electron chi connectivity index (χ2n) is 8.29. The molecule has 26 heavy (non-hydrogen) atoms. The number of nitrogens with one attached hydrogen (secondary N) is 1. The van der Waals surface area contributed by atoms with Crippen molar-refractivity contribution in [1.29, 1.82) is 0 Å². The summed E-state index contributed by atoms with van der Waals surface area (Å²) in [6, 6.07) is 6.17. The van der Waals surface area contributed by atoms with E-state index in [1.54, 1.807) is 0 Å². The van der Waals surface area contributed by atoms with E-state index < -0.39 is 0 Å². The fourth-order valence-corrected chi connectivity index (χ4v) is 3.75. The molecule has 1 fully saturated rings. The van der Waals surface area contributed by atoms with Crippen molar-refractivity contribution in [3.05, 3.63) is 29.3 Å². The second kappa shape index (κ2) is 7.84. The molecule has 0 radical (unpaired) electrons. The van der Waals surface area contributed by atoms with Crippen LogP contribution in [0.5, 0.6) is 5.75 Å². The van der Waals surface area contributed by atoms with Crippen LogP contribution in [-0.2, 0) is 17.7 Å². The molecule has 2 aliphatic heterocycles. The zero-order valence-corrected chi connectivity index (χ0v) is 16.4. The number of carbonyl (C=O) groups excluding carboxylic acids is 1. The van der Waals surface area contributed by atoms with E-state index in [1.807, 2.05) is 31.1 Å². The van der Waals surface area contributed by atoms with Crippen molar-refractivity contribution in [2.24, 2.45) is 5.92 Å². The maximum Gasteiger partial charge on any atom is 0.317 e. The van der Waals surface area contributed by atoms with Gasteiger partial charge in [-0.05, 0) is 45.1 Å². The van der Waals surface area contributed by atoms with E-state index in [1.165, 1.54) is 5.56 Å². The highest BCUT2D eigenvalue weighted by Gasteiger charge is 2.30. The van der Waals surface area contributed by atoms with Gasteiger partial charge >= 0.3 is 6.03 Å². The van der Waals surface area contributed by atoms with Crippen LogP contribution in [0.3, 0.4) is 0 Å². The van der Waals surface area contributed by atoms with Crippen LogP contribution in [0.4, 0.5) is 4.79 Å². The van der Waals surface area contributed by atoms with Gasteiger partial charge in [0, 0.05) is 38.5 Å². The van der Waals surface area contributed by atoms with Crippen molar-refractivity contribution in [2.45, 2.75) is 32.4 Å². The Hall–Kier alpha value is -1.79. The van der Waals surface area contributed by atoms with Gasteiger partial charge in [0.25, 0.3) is 0 Å². The lowest BCUT2D eigenvalue weighted by molar-refractivity contribution is 0.112. The van der Waals surface area contributed by atoms with Gasteiger partial charge in [0.2, 0.25) is 0 Å². The molecule has 1 aromatic carbocycles. The highest BCUT2D eigenvalue weighted by Crippen LogP contribution is 2.35. The number of urea groups is 1. The zero-order valence-electron chi connectivity index (χ0n) is 16.4. The average Bonchev–Trinajstić information content (AvgIpc) is 2.71. The fraction of sp³-hybridized carbons (Fsp3) is 0.650. The summed E-state index contributed by atoms with van der Waals surface area (Å²) in [7, 11) is 4.10. The Kier molecular flexibility index (Phi) is 5.73. The van der Waals surface area contributed by atoms with E-state index in [4.69, 9.17) is 9.47 Å². The van der Waals surface area contributed by atoms with Gasteiger partial charge in [-0.25, -0.2) is 4.79 Å². The quantitative estimate of drug-likeness (QED) is 0.893. The molecular formula is C20H31N3O3. The molecule has 0 spiro atoms. The highest BCUT2D eigenvalue weighted by atomic mass is 16.5. The number of rotatable bonds is 4. The molecule has 2 amide bonds. The number of hydrogen-bond acceptors (Lipinski definition) is 4. The first-order chi connectivity index (χ1) is 12.3. The third-order valence-corrected chi connectivity index (χ3v) is 4.82. The Bertz CT molecular complexity index is 645. The molecule has 2 heterocycles. The molecule has 1 N–H and O–H groups in total. The summed E-state index contributed by atoms with van der Waals surface area (Å²) in [6.45, 7) is 8.33. The van der Waals surface area contributed by atoms with Crippen molar-refractivity contribution < 1.29 is 14.3 Å². The summed E-state index contributed by atoms with van der Waals surface area (Å²) in [5.41, 5.74) is 2.18. The van der Waals surface area contributed by atoms with Crippen molar-refractivity contribution >= 4 is 6.03 Å². The van der Waals surface area contributed by atoms with Gasteiger partial charge < -0.3 is 24.6 Å². The molecule has 6 heteroatoms. The summed E-state index contributed by atoms with van der Waals surface area (Å²) in [4.78, 5) is 16.6. The van der Waals surface area contributed by atoms with Crippen LogP contribution >= 0.6 is 0 Å². The van der Waals surface area contributed by atoms with Crippen LogP contribution in [0.1, 0.15) is 25.0 Å². The summed E-state index contributed by atoms with van der Waals surface area (Å²) in [6.07, 6.45) is 0.903. The number of hydrogen-bond donors (Lipinski definition) is 1. The Balaban J connectivity index is 1.55. The molecule has 6 nitrogen and oxygen atoms in total. The molecule has 1 saturated heterocycles. The Labute approximate surface area is 156 Å². The van der Waals surface area contributed by atoms with E-state index in [9.17, 15) is 4.79 Å². The lowest BCUT2D eigenvalue weighted by Crippen LogP contribution is -2.44. The van der Waals surface area contributed by atoms with Gasteiger partial charge in [-0.3, -0.25) is 0 Å². The van der Waals surface area contributed by atoms with Crippen LogP contribution in [0.15, 0.2) is 18.2 Å². The maximum atomic E-state index is 12.6. The predicted molar refractivity (Wildman–Crippen MR) is 102 cm³/mol. The first-order valence-electron chi connectivity index (χ1n) is 9.38. The molecule has 144 valence electrons. The van der Waals surface area contributed by atoms with Crippen LogP contribution < -0.4 is 10.1 Å². The second-order valence-corrected chi connectivity index (χ2v) is 8.29. The monoisotopic (exact) mass is 361 g/mol. The molecule has 0 unspecified atom stereocenters. The van der Waals surface area contributed by atoms with Gasteiger partial charge in [-0.15, -0.1) is 0 Å². The van der Waals surface area contributed by atoms with E-state index in [2.05, 4.69) is 30.1 Å². The van der Waals surface area contributed by atoms with Gasteiger partial charge in [-0.2, -0.15) is 0 Å². The molecule has 3 rings (SSSR count). The van der Waals surface area contributed by atoms with Gasteiger partial charge in [0.1, 0.15) is 11.4 Å². The highest BCUT2D eigenvalue weighted by molar-refractivity contribution is 5.74.